The predicted octanol–water partition coefficient (Wildman–Crippen LogP) is 4.38. The van der Waals surface area contributed by atoms with Crippen molar-refractivity contribution in [3.63, 3.8) is 0 Å². The van der Waals surface area contributed by atoms with Crippen molar-refractivity contribution in [1.82, 2.24) is 4.90 Å². The zero-order chi connectivity index (χ0) is 26.1. The summed E-state index contributed by atoms with van der Waals surface area (Å²) in [5, 5.41) is 10.9. The number of aryl methyl sites for hydroxylation is 1. The summed E-state index contributed by atoms with van der Waals surface area (Å²) >= 11 is 0. The Morgan fingerprint density at radius 3 is 2.23 bits per heavy atom. The van der Waals surface area contributed by atoms with E-state index >= 15 is 0 Å². The molecule has 1 aliphatic heterocycles. The van der Waals surface area contributed by atoms with Crippen LogP contribution in [0, 0.1) is 18.8 Å². The number of benzene rings is 2. The first-order chi connectivity index (χ1) is 16.3. The Bertz CT molecular complexity index is 1200. The summed E-state index contributed by atoms with van der Waals surface area (Å²) in [6.07, 6.45) is -0.801. The van der Waals surface area contributed by atoms with E-state index in [0.29, 0.717) is 5.56 Å². The van der Waals surface area contributed by atoms with Crippen LogP contribution >= 0.6 is 0 Å². The van der Waals surface area contributed by atoms with Gasteiger partial charge in [-0.3, -0.25) is 4.79 Å². The number of aliphatic hydroxyl groups excluding tert-OH is 1. The molecule has 0 saturated carbocycles. The number of ether oxygens (including phenoxy) is 1. The maximum Gasteiger partial charge on any atom is 0.417 e. The summed E-state index contributed by atoms with van der Waals surface area (Å²) in [5.41, 5.74) is 0.370. The molecule has 0 spiro atoms. The zero-order valence-corrected chi connectivity index (χ0v) is 21.3. The molecule has 2 amide bonds. The van der Waals surface area contributed by atoms with Gasteiger partial charge in [-0.25, -0.2) is 9.69 Å². The molecule has 8 nitrogen and oxygen atoms in total. The maximum absolute atomic E-state index is 13.3. The minimum atomic E-state index is -4.03. The molecule has 3 atom stereocenters. The highest BCUT2D eigenvalue weighted by atomic mass is 32.2. The molecule has 1 saturated heterocycles. The second kappa shape index (κ2) is 9.83. The largest absolute Gasteiger partial charge is 0.441 e. The zero-order valence-electron chi connectivity index (χ0n) is 20.5. The summed E-state index contributed by atoms with van der Waals surface area (Å²) in [6, 6.07) is 11.4. The fourth-order valence-electron chi connectivity index (χ4n) is 4.42. The summed E-state index contributed by atoms with van der Waals surface area (Å²) in [7, 11) is -4.03. The third-order valence-electron chi connectivity index (χ3n) is 6.02. The van der Waals surface area contributed by atoms with Crippen molar-refractivity contribution >= 4 is 22.1 Å². The molecule has 9 heteroatoms. The normalized spacial score (nSPS) is 19.2. The van der Waals surface area contributed by atoms with E-state index in [1.807, 2.05) is 20.8 Å². The van der Waals surface area contributed by atoms with Gasteiger partial charge in [0.25, 0.3) is 0 Å². The lowest BCUT2D eigenvalue weighted by atomic mass is 9.87. The van der Waals surface area contributed by atoms with Crippen LogP contribution in [-0.4, -0.2) is 42.1 Å². The van der Waals surface area contributed by atoms with Crippen LogP contribution in [0.1, 0.15) is 44.9 Å². The molecule has 1 aliphatic rings. The highest BCUT2D eigenvalue weighted by Gasteiger charge is 2.53. The number of amides is 2. The monoisotopic (exact) mass is 501 g/mol. The Hall–Kier alpha value is -3.17. The Morgan fingerprint density at radius 2 is 1.71 bits per heavy atom. The van der Waals surface area contributed by atoms with Crippen LogP contribution in [0.15, 0.2) is 66.1 Å². The van der Waals surface area contributed by atoms with Gasteiger partial charge in [-0.05, 0) is 56.5 Å². The standard InChI is InChI=1S/C26H31NO7S/c1-7-21(24(29)27-23(16(2)3)26(5,6)33-25(27)30)22(28)18-10-12-19(13-11-18)34-35(31,32)20-14-8-17(4)9-15-20/h7-16,21-23,28H,1H2,2-6H3/t21-,22+,23-/m0/s1. The highest BCUT2D eigenvalue weighted by Crippen LogP contribution is 2.37. The van der Waals surface area contributed by atoms with E-state index in [2.05, 4.69) is 6.58 Å². The van der Waals surface area contributed by atoms with Gasteiger partial charge in [0.2, 0.25) is 5.91 Å². The number of carbonyl (C=O) groups is 2. The number of aliphatic hydroxyl groups is 1. The molecule has 3 rings (SSSR count). The second-order valence-corrected chi connectivity index (χ2v) is 11.0. The number of hydrogen-bond acceptors (Lipinski definition) is 7. The van der Waals surface area contributed by atoms with Crippen LogP contribution < -0.4 is 4.18 Å². The van der Waals surface area contributed by atoms with E-state index in [4.69, 9.17) is 8.92 Å². The lowest BCUT2D eigenvalue weighted by Gasteiger charge is -2.33. The Kier molecular flexibility index (Phi) is 7.42. The quantitative estimate of drug-likeness (QED) is 0.422. The number of rotatable bonds is 8. The summed E-state index contributed by atoms with van der Waals surface area (Å²) in [4.78, 5) is 26.9. The van der Waals surface area contributed by atoms with Gasteiger partial charge in [0.1, 0.15) is 16.2 Å². The predicted molar refractivity (Wildman–Crippen MR) is 130 cm³/mol. The van der Waals surface area contributed by atoms with Gasteiger partial charge in [0.15, 0.2) is 0 Å². The molecule has 0 radical (unpaired) electrons. The lowest BCUT2D eigenvalue weighted by molar-refractivity contribution is -0.136. The Labute approximate surface area is 206 Å². The van der Waals surface area contributed by atoms with E-state index < -0.39 is 45.8 Å². The molecular weight excluding hydrogens is 470 g/mol. The molecule has 35 heavy (non-hydrogen) atoms. The number of imide groups is 1. The van der Waals surface area contributed by atoms with E-state index in [1.54, 1.807) is 26.0 Å². The lowest BCUT2D eigenvalue weighted by Crippen LogP contribution is -2.50. The molecule has 188 valence electrons. The highest BCUT2D eigenvalue weighted by molar-refractivity contribution is 7.87. The molecule has 1 heterocycles. The van der Waals surface area contributed by atoms with Crippen LogP contribution in [0.25, 0.3) is 0 Å². The van der Waals surface area contributed by atoms with Crippen molar-refractivity contribution in [2.24, 2.45) is 11.8 Å². The van der Waals surface area contributed by atoms with Gasteiger partial charge in [0.05, 0.1) is 18.1 Å². The number of nitrogens with zero attached hydrogens (tertiary/aromatic N) is 1. The molecular formula is C26H31NO7S. The van der Waals surface area contributed by atoms with Crippen LogP contribution in [0.5, 0.6) is 5.75 Å². The third-order valence-corrected chi connectivity index (χ3v) is 7.28. The van der Waals surface area contributed by atoms with Gasteiger partial charge in [0, 0.05) is 0 Å². The van der Waals surface area contributed by atoms with Crippen molar-refractivity contribution < 1.29 is 32.0 Å². The minimum Gasteiger partial charge on any atom is -0.441 e. The fraction of sp³-hybridized carbons (Fsp3) is 0.385. The first kappa shape index (κ1) is 26.4. The van der Waals surface area contributed by atoms with E-state index in [9.17, 15) is 23.1 Å². The average Bonchev–Trinajstić information content (AvgIpc) is 3.02. The summed E-state index contributed by atoms with van der Waals surface area (Å²) in [5.74, 6) is -1.77. The molecule has 2 aromatic carbocycles. The molecule has 1 N–H and O–H groups in total. The minimum absolute atomic E-state index is 0.0182. The van der Waals surface area contributed by atoms with Gasteiger partial charge in [-0.15, -0.1) is 6.58 Å². The maximum atomic E-state index is 13.3. The molecule has 0 bridgehead atoms. The summed E-state index contributed by atoms with van der Waals surface area (Å²) < 4.78 is 35.6. The van der Waals surface area contributed by atoms with Crippen LogP contribution in [0.3, 0.4) is 0 Å². The van der Waals surface area contributed by atoms with Crippen molar-refractivity contribution in [2.45, 2.75) is 57.3 Å². The fourth-order valence-corrected chi connectivity index (χ4v) is 5.35. The molecule has 0 aromatic heterocycles. The van der Waals surface area contributed by atoms with Gasteiger partial charge >= 0.3 is 16.2 Å². The number of carbonyl (C=O) groups excluding carboxylic acids is 2. The Morgan fingerprint density at radius 1 is 1.14 bits per heavy atom. The number of cyclic esters (lactones) is 1. The van der Waals surface area contributed by atoms with Crippen LogP contribution in [-0.2, 0) is 19.6 Å². The van der Waals surface area contributed by atoms with Gasteiger partial charge in [-0.2, -0.15) is 8.42 Å². The summed E-state index contributed by atoms with van der Waals surface area (Å²) in [6.45, 7) is 12.8. The second-order valence-electron chi connectivity index (χ2n) is 9.49. The molecule has 2 aromatic rings. The van der Waals surface area contributed by atoms with Gasteiger partial charge < -0.3 is 14.0 Å². The van der Waals surface area contributed by atoms with Crippen molar-refractivity contribution in [3.8, 4) is 5.75 Å². The Balaban J connectivity index is 1.79. The van der Waals surface area contributed by atoms with E-state index in [1.165, 1.54) is 42.5 Å². The van der Waals surface area contributed by atoms with Crippen molar-refractivity contribution in [3.05, 3.63) is 72.3 Å². The third kappa shape index (κ3) is 5.41. The van der Waals surface area contributed by atoms with E-state index in [0.717, 1.165) is 10.5 Å². The number of hydrogen-bond donors (Lipinski definition) is 1. The molecule has 0 aliphatic carbocycles. The average molecular weight is 502 g/mol. The van der Waals surface area contributed by atoms with Crippen molar-refractivity contribution in [2.75, 3.05) is 0 Å². The smallest absolute Gasteiger partial charge is 0.417 e. The molecule has 0 unspecified atom stereocenters. The van der Waals surface area contributed by atoms with Crippen LogP contribution in [0.4, 0.5) is 4.79 Å². The first-order valence-corrected chi connectivity index (χ1v) is 12.7. The van der Waals surface area contributed by atoms with Crippen molar-refractivity contribution in [1.29, 1.82) is 0 Å². The topological polar surface area (TPSA) is 110 Å². The first-order valence-electron chi connectivity index (χ1n) is 11.3. The SMILES string of the molecule is C=C[C@H](C(=O)N1C(=O)OC(C)(C)[C@@H]1C(C)C)[C@H](O)c1ccc(OS(=O)(=O)c2ccc(C)cc2)cc1. The van der Waals surface area contributed by atoms with Gasteiger partial charge in [-0.1, -0.05) is 49.8 Å². The van der Waals surface area contributed by atoms with E-state index in [-0.39, 0.29) is 16.6 Å². The van der Waals surface area contributed by atoms with Crippen LogP contribution in [0.2, 0.25) is 0 Å². The molecule has 1 fully saturated rings.